The van der Waals surface area contributed by atoms with E-state index in [1.807, 2.05) is 30.3 Å². The van der Waals surface area contributed by atoms with Crippen LogP contribution in [0.4, 0.5) is 0 Å². The lowest BCUT2D eigenvalue weighted by atomic mass is 9.93. The molecule has 1 heterocycles. The van der Waals surface area contributed by atoms with Gasteiger partial charge in [-0.3, -0.25) is 9.59 Å². The molecule has 0 saturated heterocycles. The zero-order chi connectivity index (χ0) is 26.2. The minimum Gasteiger partial charge on any atom is -0.506 e. The maximum Gasteiger partial charge on any atom is 0.305 e. The number of aromatic nitrogens is 1. The number of phenols is 1. The number of amides is 1. The number of aromatic amines is 1. The number of nitrogens with one attached hydrogen (secondary N) is 2. The number of nitrogens with zero attached hydrogens (tertiary/aromatic N) is 1. The summed E-state index contributed by atoms with van der Waals surface area (Å²) in [7, 11) is 0. The fourth-order valence-electron chi connectivity index (χ4n) is 5.21. The number of benzene rings is 2. The van der Waals surface area contributed by atoms with Crippen molar-refractivity contribution in [1.82, 2.24) is 15.2 Å². The summed E-state index contributed by atoms with van der Waals surface area (Å²) in [5.41, 5.74) is 8.99. The highest BCUT2D eigenvalue weighted by Crippen LogP contribution is 2.28. The summed E-state index contributed by atoms with van der Waals surface area (Å²) in [4.78, 5) is 29.7. The molecule has 0 aliphatic heterocycles. The van der Waals surface area contributed by atoms with Crippen LogP contribution in [0.25, 0.3) is 10.2 Å². The second-order valence-electron chi connectivity index (χ2n) is 9.94. The molecular formula is C28H37ClN4O3S. The molecule has 1 aromatic heterocycles. The number of phenolic OH excluding ortho intramolecular Hbond substituents is 1. The molecule has 1 saturated carbocycles. The van der Waals surface area contributed by atoms with Gasteiger partial charge < -0.3 is 26.0 Å². The van der Waals surface area contributed by atoms with Gasteiger partial charge in [0.25, 0.3) is 0 Å². The van der Waals surface area contributed by atoms with E-state index in [1.165, 1.54) is 6.42 Å². The Balaban J connectivity index is 1.28. The second-order valence-corrected chi connectivity index (χ2v) is 11.3. The number of aromatic hydroxyl groups is 1. The maximum absolute atomic E-state index is 13.3. The first kappa shape index (κ1) is 27.6. The first-order valence-electron chi connectivity index (χ1n) is 13.2. The van der Waals surface area contributed by atoms with Crippen LogP contribution in [0.1, 0.15) is 56.1 Å². The fourth-order valence-corrected chi connectivity index (χ4v) is 6.33. The lowest BCUT2D eigenvalue weighted by Crippen LogP contribution is -2.46. The van der Waals surface area contributed by atoms with Crippen molar-refractivity contribution in [1.29, 1.82) is 0 Å². The number of thiazole rings is 1. The molecule has 1 aliphatic rings. The highest BCUT2D eigenvalue weighted by molar-refractivity contribution is 7.16. The number of hydrogen-bond donors (Lipinski definition) is 4. The number of rotatable bonds is 12. The third-order valence-electron chi connectivity index (χ3n) is 7.25. The van der Waals surface area contributed by atoms with Crippen molar-refractivity contribution in [3.8, 4) is 5.75 Å². The maximum atomic E-state index is 13.3. The standard InChI is InChI=1S/C28H37ClN4O3S/c29-23-9-5-4-6-19(23)10-12-21(30)18-25(35)33(22-7-2-1-3-8-22)17-16-31-15-14-20-11-13-24(34)26-27(20)37-28(36)32-26/h4-6,9,11,13,21-22,31,34H,1-3,7-8,10,12,14-18,30H2,(H,32,36). The Morgan fingerprint density at radius 3 is 2.70 bits per heavy atom. The summed E-state index contributed by atoms with van der Waals surface area (Å²) in [6, 6.07) is 11.4. The first-order valence-corrected chi connectivity index (χ1v) is 14.4. The predicted octanol–water partition coefficient (Wildman–Crippen LogP) is 4.59. The van der Waals surface area contributed by atoms with E-state index in [2.05, 4.69) is 15.2 Å². The van der Waals surface area contributed by atoms with Gasteiger partial charge in [0.2, 0.25) is 5.91 Å². The summed E-state index contributed by atoms with van der Waals surface area (Å²) in [6.07, 6.45) is 8.23. The number of halogens is 1. The van der Waals surface area contributed by atoms with Gasteiger partial charge in [-0.05, 0) is 61.9 Å². The molecule has 9 heteroatoms. The van der Waals surface area contributed by atoms with Gasteiger partial charge in [0.15, 0.2) is 0 Å². The zero-order valence-electron chi connectivity index (χ0n) is 21.2. The van der Waals surface area contributed by atoms with E-state index < -0.39 is 0 Å². The molecule has 2 aromatic carbocycles. The molecule has 4 rings (SSSR count). The fraction of sp³-hybridized carbons (Fsp3) is 0.500. The Labute approximate surface area is 227 Å². The predicted molar refractivity (Wildman–Crippen MR) is 152 cm³/mol. The average molecular weight is 545 g/mol. The van der Waals surface area contributed by atoms with Crippen molar-refractivity contribution < 1.29 is 9.90 Å². The highest BCUT2D eigenvalue weighted by Gasteiger charge is 2.26. The van der Waals surface area contributed by atoms with Crippen LogP contribution in [0.3, 0.4) is 0 Å². The van der Waals surface area contributed by atoms with Crippen molar-refractivity contribution in [2.45, 2.75) is 69.9 Å². The summed E-state index contributed by atoms with van der Waals surface area (Å²) >= 11 is 7.40. The van der Waals surface area contributed by atoms with Crippen LogP contribution in [0.2, 0.25) is 5.02 Å². The Bertz CT molecular complexity index is 1240. The molecule has 7 nitrogen and oxygen atoms in total. The normalized spacial score (nSPS) is 15.2. The van der Waals surface area contributed by atoms with E-state index in [-0.39, 0.29) is 28.6 Å². The topological polar surface area (TPSA) is 111 Å². The van der Waals surface area contributed by atoms with E-state index in [4.69, 9.17) is 17.3 Å². The van der Waals surface area contributed by atoms with Crippen LogP contribution >= 0.6 is 22.9 Å². The van der Waals surface area contributed by atoms with Gasteiger partial charge in [0, 0.05) is 36.6 Å². The van der Waals surface area contributed by atoms with Crippen LogP contribution in [-0.4, -0.2) is 52.6 Å². The molecule has 37 heavy (non-hydrogen) atoms. The summed E-state index contributed by atoms with van der Waals surface area (Å²) in [5, 5.41) is 14.2. The second kappa shape index (κ2) is 13.4. The SMILES string of the molecule is NC(CCc1ccccc1Cl)CC(=O)N(CCNCCc1ccc(O)c2[nH]c(=O)sc12)C1CCCCC1. The van der Waals surface area contributed by atoms with Gasteiger partial charge in [-0.2, -0.15) is 0 Å². The van der Waals surface area contributed by atoms with E-state index in [0.29, 0.717) is 25.0 Å². The van der Waals surface area contributed by atoms with Crippen LogP contribution < -0.4 is 15.9 Å². The highest BCUT2D eigenvalue weighted by atomic mass is 35.5. The number of carbonyl (C=O) groups is 1. The quantitative estimate of drug-likeness (QED) is 0.249. The van der Waals surface area contributed by atoms with E-state index in [9.17, 15) is 14.7 Å². The summed E-state index contributed by atoms with van der Waals surface area (Å²) in [5.74, 6) is 0.231. The number of nitrogens with two attached hydrogens (primary N) is 1. The van der Waals surface area contributed by atoms with Gasteiger partial charge in [-0.15, -0.1) is 0 Å². The van der Waals surface area contributed by atoms with Crippen molar-refractivity contribution in [3.63, 3.8) is 0 Å². The summed E-state index contributed by atoms with van der Waals surface area (Å²) < 4.78 is 0.802. The molecule has 0 bridgehead atoms. The Morgan fingerprint density at radius 1 is 1.14 bits per heavy atom. The molecule has 1 amide bonds. The zero-order valence-corrected chi connectivity index (χ0v) is 22.8. The number of hydrogen-bond acceptors (Lipinski definition) is 6. The van der Waals surface area contributed by atoms with Gasteiger partial charge in [0.1, 0.15) is 11.3 Å². The van der Waals surface area contributed by atoms with Crippen LogP contribution in [0.15, 0.2) is 41.2 Å². The largest absolute Gasteiger partial charge is 0.506 e. The third-order valence-corrected chi connectivity index (χ3v) is 8.58. The summed E-state index contributed by atoms with van der Waals surface area (Å²) in [6.45, 7) is 2.07. The molecule has 200 valence electrons. The van der Waals surface area contributed by atoms with Crippen molar-refractivity contribution in [2.75, 3.05) is 19.6 Å². The van der Waals surface area contributed by atoms with Gasteiger partial charge in [-0.25, -0.2) is 0 Å². The number of fused-ring (bicyclic) bond motifs is 1. The van der Waals surface area contributed by atoms with Crippen molar-refractivity contribution >= 4 is 39.1 Å². The Morgan fingerprint density at radius 2 is 1.92 bits per heavy atom. The van der Waals surface area contributed by atoms with E-state index in [0.717, 1.165) is 83.7 Å². The van der Waals surface area contributed by atoms with Gasteiger partial charge >= 0.3 is 4.87 Å². The third kappa shape index (κ3) is 7.57. The molecule has 5 N–H and O–H groups in total. The Kier molecular flexibility index (Phi) is 10.0. The smallest absolute Gasteiger partial charge is 0.305 e. The molecule has 3 aromatic rings. The molecular weight excluding hydrogens is 508 g/mol. The lowest BCUT2D eigenvalue weighted by molar-refractivity contribution is -0.134. The molecule has 1 unspecified atom stereocenters. The van der Waals surface area contributed by atoms with Crippen molar-refractivity contribution in [3.05, 3.63) is 62.2 Å². The van der Waals surface area contributed by atoms with Crippen LogP contribution in [-0.2, 0) is 17.6 Å². The van der Waals surface area contributed by atoms with Crippen LogP contribution in [0, 0.1) is 0 Å². The minimum absolute atomic E-state index is 0.0942. The first-order chi connectivity index (χ1) is 17.9. The van der Waals surface area contributed by atoms with E-state index in [1.54, 1.807) is 6.07 Å². The molecule has 1 fully saturated rings. The van der Waals surface area contributed by atoms with Crippen molar-refractivity contribution in [2.24, 2.45) is 5.73 Å². The van der Waals surface area contributed by atoms with Gasteiger partial charge in [-0.1, -0.05) is 66.5 Å². The average Bonchev–Trinajstić information content (AvgIpc) is 3.30. The number of H-pyrrole nitrogens is 1. The molecule has 1 aliphatic carbocycles. The number of aryl methyl sites for hydroxylation is 1. The molecule has 0 spiro atoms. The van der Waals surface area contributed by atoms with Gasteiger partial charge in [0.05, 0.1) is 4.70 Å². The molecule has 0 radical (unpaired) electrons. The lowest BCUT2D eigenvalue weighted by Gasteiger charge is -2.35. The van der Waals surface area contributed by atoms with E-state index >= 15 is 0 Å². The monoisotopic (exact) mass is 544 g/mol. The minimum atomic E-state index is -0.201. The molecule has 1 atom stereocenters. The van der Waals surface area contributed by atoms with Crippen LogP contribution in [0.5, 0.6) is 5.75 Å². The Hall–Kier alpha value is -2.39. The number of carbonyl (C=O) groups excluding carboxylic acids is 1.